The second-order valence-corrected chi connectivity index (χ2v) is 3.27. The molecule has 0 N–H and O–H groups in total. The molecule has 0 aliphatic carbocycles. The van der Waals surface area contributed by atoms with Gasteiger partial charge in [-0.1, -0.05) is 17.3 Å². The molecular formula is C10H8N2O3. The molecule has 0 atom stereocenters. The quantitative estimate of drug-likeness (QED) is 0.635. The molecule has 15 heavy (non-hydrogen) atoms. The van der Waals surface area contributed by atoms with E-state index in [4.69, 9.17) is 4.74 Å². The van der Waals surface area contributed by atoms with Gasteiger partial charge in [-0.05, 0) is 12.1 Å². The molecule has 1 aromatic heterocycles. The number of ether oxygens (including phenoxy) is 1. The number of para-hydroxylation sites is 2. The number of fused-ring (bicyclic) bond motifs is 3. The van der Waals surface area contributed by atoms with Gasteiger partial charge in [0.25, 0.3) is 0 Å². The summed E-state index contributed by atoms with van der Waals surface area (Å²) in [5, 5.41) is 3.71. The Morgan fingerprint density at radius 2 is 2.20 bits per heavy atom. The van der Waals surface area contributed by atoms with Crippen molar-refractivity contribution in [2.45, 2.75) is 6.42 Å². The van der Waals surface area contributed by atoms with Gasteiger partial charge in [0.1, 0.15) is 5.75 Å². The fourth-order valence-corrected chi connectivity index (χ4v) is 1.69. The van der Waals surface area contributed by atoms with Crippen LogP contribution in [0.5, 0.6) is 5.75 Å². The fourth-order valence-electron chi connectivity index (χ4n) is 1.69. The van der Waals surface area contributed by atoms with Gasteiger partial charge in [0, 0.05) is 6.42 Å². The van der Waals surface area contributed by atoms with Crippen molar-refractivity contribution in [3.63, 3.8) is 0 Å². The maximum Gasteiger partial charge on any atom is 0.446 e. The summed E-state index contributed by atoms with van der Waals surface area (Å²) in [6, 6.07) is 7.34. The van der Waals surface area contributed by atoms with E-state index in [1.54, 1.807) is 0 Å². The van der Waals surface area contributed by atoms with Gasteiger partial charge in [-0.2, -0.15) is 0 Å². The van der Waals surface area contributed by atoms with E-state index in [1.165, 1.54) is 4.57 Å². The zero-order valence-electron chi connectivity index (χ0n) is 7.84. The van der Waals surface area contributed by atoms with Crippen LogP contribution in [0.4, 0.5) is 0 Å². The number of aromatic nitrogens is 2. The van der Waals surface area contributed by atoms with Gasteiger partial charge in [0.2, 0.25) is 0 Å². The van der Waals surface area contributed by atoms with Gasteiger partial charge < -0.3 is 4.74 Å². The predicted molar refractivity (Wildman–Crippen MR) is 51.3 cm³/mol. The second-order valence-electron chi connectivity index (χ2n) is 3.27. The Kier molecular flexibility index (Phi) is 1.65. The van der Waals surface area contributed by atoms with E-state index < -0.39 is 5.76 Å². The largest absolute Gasteiger partial charge is 0.491 e. The van der Waals surface area contributed by atoms with Crippen molar-refractivity contribution in [3.8, 4) is 11.4 Å². The average Bonchev–Trinajstić information content (AvgIpc) is 2.52. The van der Waals surface area contributed by atoms with Crippen molar-refractivity contribution < 1.29 is 9.26 Å². The minimum Gasteiger partial charge on any atom is -0.491 e. The minimum atomic E-state index is -0.469. The van der Waals surface area contributed by atoms with Crippen LogP contribution in [0.1, 0.15) is 5.82 Å². The Morgan fingerprint density at radius 1 is 1.33 bits per heavy atom. The van der Waals surface area contributed by atoms with Crippen LogP contribution in [0.3, 0.4) is 0 Å². The maximum atomic E-state index is 11.5. The van der Waals surface area contributed by atoms with E-state index >= 15 is 0 Å². The van der Waals surface area contributed by atoms with Crippen LogP contribution < -0.4 is 10.5 Å². The molecule has 0 amide bonds. The molecule has 76 valence electrons. The van der Waals surface area contributed by atoms with E-state index in [1.807, 2.05) is 24.3 Å². The minimum absolute atomic E-state index is 0.469. The lowest BCUT2D eigenvalue weighted by Crippen LogP contribution is -2.13. The maximum absolute atomic E-state index is 11.5. The van der Waals surface area contributed by atoms with Crippen molar-refractivity contribution in [3.05, 3.63) is 40.6 Å². The normalized spacial score (nSPS) is 13.6. The molecule has 0 saturated heterocycles. The monoisotopic (exact) mass is 204 g/mol. The third kappa shape index (κ3) is 1.16. The standard InChI is InChI=1S/C10H8N2O3/c13-10-12-7-3-1-2-4-8(7)14-6-5-9(12)11-15-10/h1-4H,5-6H2. The van der Waals surface area contributed by atoms with Gasteiger partial charge in [-0.25, -0.2) is 9.36 Å². The Hall–Kier alpha value is -2.04. The summed E-state index contributed by atoms with van der Waals surface area (Å²) in [5.74, 6) is 0.814. The van der Waals surface area contributed by atoms with Gasteiger partial charge >= 0.3 is 5.76 Å². The number of hydrogen-bond donors (Lipinski definition) is 0. The summed E-state index contributed by atoms with van der Waals surface area (Å²) in [4.78, 5) is 11.5. The summed E-state index contributed by atoms with van der Waals surface area (Å²) in [5.41, 5.74) is 0.691. The molecule has 0 bridgehead atoms. The van der Waals surface area contributed by atoms with E-state index in [0.717, 1.165) is 0 Å². The Balaban J connectivity index is 2.35. The van der Waals surface area contributed by atoms with Crippen LogP contribution in [0.2, 0.25) is 0 Å². The summed E-state index contributed by atoms with van der Waals surface area (Å²) in [6.07, 6.45) is 0.570. The Labute approximate surface area is 84.9 Å². The lowest BCUT2D eigenvalue weighted by atomic mass is 10.3. The van der Waals surface area contributed by atoms with E-state index in [-0.39, 0.29) is 0 Å². The SMILES string of the molecule is O=c1onc2n1-c1ccccc1OCC2. The first-order chi connectivity index (χ1) is 7.36. The fraction of sp³-hybridized carbons (Fsp3) is 0.200. The van der Waals surface area contributed by atoms with Crippen molar-refractivity contribution in [1.82, 2.24) is 9.72 Å². The molecule has 5 heteroatoms. The highest BCUT2D eigenvalue weighted by Gasteiger charge is 2.19. The van der Waals surface area contributed by atoms with Crippen molar-refractivity contribution in [2.75, 3.05) is 6.61 Å². The number of benzene rings is 1. The molecule has 1 aromatic carbocycles. The predicted octanol–water partition coefficient (Wildman–Crippen LogP) is 0.760. The summed E-state index contributed by atoms with van der Waals surface area (Å²) >= 11 is 0. The van der Waals surface area contributed by atoms with Crippen molar-refractivity contribution in [2.24, 2.45) is 0 Å². The van der Waals surface area contributed by atoms with Crippen LogP contribution in [-0.2, 0) is 6.42 Å². The highest BCUT2D eigenvalue weighted by atomic mass is 16.5. The van der Waals surface area contributed by atoms with E-state index in [9.17, 15) is 4.79 Å². The first-order valence-corrected chi connectivity index (χ1v) is 4.66. The average molecular weight is 204 g/mol. The lowest BCUT2D eigenvalue weighted by Gasteiger charge is -2.05. The molecule has 1 aliphatic rings. The van der Waals surface area contributed by atoms with Gasteiger partial charge in [0.05, 0.1) is 12.3 Å². The third-order valence-corrected chi connectivity index (χ3v) is 2.36. The van der Waals surface area contributed by atoms with Crippen molar-refractivity contribution >= 4 is 0 Å². The second kappa shape index (κ2) is 2.98. The molecule has 3 rings (SSSR count). The first-order valence-electron chi connectivity index (χ1n) is 4.66. The Bertz CT molecular complexity index is 556. The van der Waals surface area contributed by atoms with Gasteiger partial charge in [-0.3, -0.25) is 4.52 Å². The molecule has 0 spiro atoms. The molecule has 2 aromatic rings. The van der Waals surface area contributed by atoms with Crippen LogP contribution in [0.25, 0.3) is 5.69 Å². The van der Waals surface area contributed by atoms with Crippen LogP contribution >= 0.6 is 0 Å². The van der Waals surface area contributed by atoms with Crippen molar-refractivity contribution in [1.29, 1.82) is 0 Å². The van der Waals surface area contributed by atoms with Crippen LogP contribution in [0, 0.1) is 0 Å². The highest BCUT2D eigenvalue weighted by Crippen LogP contribution is 2.24. The summed E-state index contributed by atoms with van der Waals surface area (Å²) in [7, 11) is 0. The number of hydrogen-bond acceptors (Lipinski definition) is 4. The summed E-state index contributed by atoms with van der Waals surface area (Å²) in [6.45, 7) is 0.503. The smallest absolute Gasteiger partial charge is 0.446 e. The topological polar surface area (TPSA) is 57.3 Å². The zero-order valence-corrected chi connectivity index (χ0v) is 7.84. The zero-order chi connectivity index (χ0) is 10.3. The molecule has 1 aliphatic heterocycles. The number of nitrogens with zero attached hydrogens (tertiary/aromatic N) is 2. The molecule has 0 unspecified atom stereocenters. The summed E-state index contributed by atoms with van der Waals surface area (Å²) < 4.78 is 11.6. The Morgan fingerprint density at radius 3 is 3.13 bits per heavy atom. The van der Waals surface area contributed by atoms with Crippen LogP contribution in [0.15, 0.2) is 33.6 Å². The number of rotatable bonds is 0. The molecule has 2 heterocycles. The molecular weight excluding hydrogens is 196 g/mol. The van der Waals surface area contributed by atoms with Gasteiger partial charge in [-0.15, -0.1) is 0 Å². The van der Waals surface area contributed by atoms with Crippen LogP contribution in [-0.4, -0.2) is 16.3 Å². The first kappa shape index (κ1) is 8.28. The van der Waals surface area contributed by atoms with E-state index in [2.05, 4.69) is 9.68 Å². The lowest BCUT2D eigenvalue weighted by molar-refractivity contribution is 0.316. The third-order valence-electron chi connectivity index (χ3n) is 2.36. The highest BCUT2D eigenvalue weighted by molar-refractivity contribution is 5.47. The molecule has 5 nitrogen and oxygen atoms in total. The molecule has 0 fully saturated rings. The molecule has 0 radical (unpaired) electrons. The molecule has 0 saturated carbocycles. The van der Waals surface area contributed by atoms with Gasteiger partial charge in [0.15, 0.2) is 5.82 Å². The van der Waals surface area contributed by atoms with E-state index in [0.29, 0.717) is 30.3 Å².